The molecular weight excluding hydrogens is 186 g/mol. The third-order valence-corrected chi connectivity index (χ3v) is 4.00. The highest BCUT2D eigenvalue weighted by atomic mass is 16.5. The van der Waals surface area contributed by atoms with E-state index in [2.05, 4.69) is 23.5 Å². The van der Waals surface area contributed by atoms with Crippen molar-refractivity contribution in [3.63, 3.8) is 0 Å². The fourth-order valence-corrected chi connectivity index (χ4v) is 3.12. The van der Waals surface area contributed by atoms with Crippen molar-refractivity contribution in [2.45, 2.75) is 24.7 Å². The summed E-state index contributed by atoms with van der Waals surface area (Å²) in [5.74, 6) is 0.997. The lowest BCUT2D eigenvalue weighted by atomic mass is 9.81. The molecule has 15 heavy (non-hydrogen) atoms. The molecule has 1 fully saturated rings. The molecule has 1 aliphatic heterocycles. The Morgan fingerprint density at radius 2 is 2.27 bits per heavy atom. The van der Waals surface area contributed by atoms with Crippen molar-refractivity contribution >= 4 is 0 Å². The van der Waals surface area contributed by atoms with Crippen LogP contribution in [0.5, 0.6) is 5.75 Å². The van der Waals surface area contributed by atoms with E-state index in [1.807, 2.05) is 0 Å². The normalized spacial score (nSPS) is 28.3. The van der Waals surface area contributed by atoms with Crippen molar-refractivity contribution in [1.29, 1.82) is 0 Å². The van der Waals surface area contributed by atoms with Crippen LogP contribution in [0.1, 0.15) is 24.0 Å². The summed E-state index contributed by atoms with van der Waals surface area (Å²) in [5, 5.41) is 3.49. The lowest BCUT2D eigenvalue weighted by Crippen LogP contribution is -2.25. The molecule has 0 aromatic heterocycles. The minimum Gasteiger partial charge on any atom is -0.497 e. The lowest BCUT2D eigenvalue weighted by Gasteiger charge is -2.23. The number of fused-ring (bicyclic) bond motifs is 2. The van der Waals surface area contributed by atoms with Gasteiger partial charge in [0, 0.05) is 12.0 Å². The van der Waals surface area contributed by atoms with E-state index in [-0.39, 0.29) is 0 Å². The van der Waals surface area contributed by atoms with Crippen molar-refractivity contribution in [2.24, 2.45) is 0 Å². The van der Waals surface area contributed by atoms with Gasteiger partial charge in [0.05, 0.1) is 7.11 Å². The molecule has 1 aromatic carbocycles. The number of nitrogens with one attached hydrogen (secondary N) is 1. The minimum absolute atomic E-state index is 0.446. The first-order valence-electron chi connectivity index (χ1n) is 5.72. The Morgan fingerprint density at radius 1 is 1.33 bits per heavy atom. The van der Waals surface area contributed by atoms with E-state index >= 15 is 0 Å². The first-order chi connectivity index (χ1) is 7.34. The molecular formula is C13H17NO. The smallest absolute Gasteiger partial charge is 0.119 e. The summed E-state index contributed by atoms with van der Waals surface area (Å²) in [4.78, 5) is 0. The SMILES string of the molecule is COc1ccc2c(c1)CCC21CCNC1. The van der Waals surface area contributed by atoms with Crippen molar-refractivity contribution in [1.82, 2.24) is 5.32 Å². The maximum atomic E-state index is 5.27. The average Bonchev–Trinajstić information content (AvgIpc) is 2.88. The van der Waals surface area contributed by atoms with Crippen LogP contribution in [-0.4, -0.2) is 20.2 Å². The van der Waals surface area contributed by atoms with Gasteiger partial charge in [0.15, 0.2) is 0 Å². The summed E-state index contributed by atoms with van der Waals surface area (Å²) in [7, 11) is 1.74. The first-order valence-corrected chi connectivity index (χ1v) is 5.72. The van der Waals surface area contributed by atoms with Crippen LogP contribution in [0.4, 0.5) is 0 Å². The molecule has 0 amide bonds. The second kappa shape index (κ2) is 3.24. The molecule has 1 unspecified atom stereocenters. The van der Waals surface area contributed by atoms with Crippen LogP contribution in [0.2, 0.25) is 0 Å². The van der Waals surface area contributed by atoms with Gasteiger partial charge in [0.25, 0.3) is 0 Å². The number of hydrogen-bond acceptors (Lipinski definition) is 2. The summed E-state index contributed by atoms with van der Waals surface area (Å²) in [6.07, 6.45) is 3.82. The quantitative estimate of drug-likeness (QED) is 0.752. The molecule has 1 aliphatic carbocycles. The Kier molecular flexibility index (Phi) is 1.99. The van der Waals surface area contributed by atoms with E-state index in [4.69, 9.17) is 4.74 Å². The maximum absolute atomic E-state index is 5.27. The predicted molar refractivity (Wildman–Crippen MR) is 60.5 cm³/mol. The monoisotopic (exact) mass is 203 g/mol. The van der Waals surface area contributed by atoms with Gasteiger partial charge in [0.1, 0.15) is 5.75 Å². The molecule has 1 atom stereocenters. The highest BCUT2D eigenvalue weighted by Crippen LogP contribution is 2.44. The van der Waals surface area contributed by atoms with Gasteiger partial charge >= 0.3 is 0 Å². The average molecular weight is 203 g/mol. The molecule has 2 aliphatic rings. The molecule has 80 valence electrons. The van der Waals surface area contributed by atoms with Gasteiger partial charge in [-0.05, 0) is 49.1 Å². The van der Waals surface area contributed by atoms with Crippen molar-refractivity contribution in [2.75, 3.05) is 20.2 Å². The van der Waals surface area contributed by atoms with Gasteiger partial charge in [-0.3, -0.25) is 0 Å². The van der Waals surface area contributed by atoms with E-state index in [1.54, 1.807) is 12.7 Å². The number of methoxy groups -OCH3 is 1. The molecule has 1 N–H and O–H groups in total. The Bertz CT molecular complexity index is 380. The largest absolute Gasteiger partial charge is 0.497 e. The first kappa shape index (κ1) is 9.22. The summed E-state index contributed by atoms with van der Waals surface area (Å²) in [6.45, 7) is 2.33. The van der Waals surface area contributed by atoms with Crippen LogP contribution in [0.25, 0.3) is 0 Å². The Labute approximate surface area is 90.6 Å². The van der Waals surface area contributed by atoms with E-state index in [1.165, 1.54) is 31.4 Å². The lowest BCUT2D eigenvalue weighted by molar-refractivity contribution is 0.414. The topological polar surface area (TPSA) is 21.3 Å². The number of hydrogen-bond donors (Lipinski definition) is 1. The molecule has 1 spiro atoms. The number of ether oxygens (including phenoxy) is 1. The Hall–Kier alpha value is -1.02. The van der Waals surface area contributed by atoms with Gasteiger partial charge < -0.3 is 10.1 Å². The standard InChI is InChI=1S/C13H17NO/c1-15-11-2-3-12-10(8-11)4-5-13(12)6-7-14-9-13/h2-3,8,14H,4-7,9H2,1H3. The molecule has 1 aromatic rings. The molecule has 0 bridgehead atoms. The highest BCUT2D eigenvalue weighted by Gasteiger charge is 2.40. The van der Waals surface area contributed by atoms with E-state index in [0.717, 1.165) is 12.3 Å². The fraction of sp³-hybridized carbons (Fsp3) is 0.538. The highest BCUT2D eigenvalue weighted by molar-refractivity contribution is 5.45. The summed E-state index contributed by atoms with van der Waals surface area (Å²) in [6, 6.07) is 6.58. The molecule has 3 rings (SSSR count). The van der Waals surface area contributed by atoms with Crippen LogP contribution in [0, 0.1) is 0 Å². The van der Waals surface area contributed by atoms with Gasteiger partial charge in [-0.2, -0.15) is 0 Å². The van der Waals surface area contributed by atoms with Gasteiger partial charge in [0.2, 0.25) is 0 Å². The molecule has 2 heteroatoms. The van der Waals surface area contributed by atoms with E-state index in [0.29, 0.717) is 5.41 Å². The zero-order valence-corrected chi connectivity index (χ0v) is 9.18. The van der Waals surface area contributed by atoms with Crippen LogP contribution < -0.4 is 10.1 Å². The minimum atomic E-state index is 0.446. The Morgan fingerprint density at radius 3 is 3.00 bits per heavy atom. The predicted octanol–water partition coefficient (Wildman–Crippen LogP) is 1.87. The summed E-state index contributed by atoms with van der Waals surface area (Å²) in [5.41, 5.74) is 3.51. The van der Waals surface area contributed by atoms with Crippen LogP contribution in [-0.2, 0) is 11.8 Å². The van der Waals surface area contributed by atoms with Gasteiger partial charge in [-0.1, -0.05) is 6.07 Å². The molecule has 0 radical (unpaired) electrons. The third kappa shape index (κ3) is 1.28. The zero-order chi connectivity index (χ0) is 10.3. The van der Waals surface area contributed by atoms with Gasteiger partial charge in [-0.15, -0.1) is 0 Å². The van der Waals surface area contributed by atoms with E-state index < -0.39 is 0 Å². The molecule has 0 saturated carbocycles. The van der Waals surface area contributed by atoms with Crippen molar-refractivity contribution < 1.29 is 4.74 Å². The molecule has 1 heterocycles. The number of rotatable bonds is 1. The summed E-state index contributed by atoms with van der Waals surface area (Å²) >= 11 is 0. The van der Waals surface area contributed by atoms with Crippen LogP contribution >= 0.6 is 0 Å². The number of aryl methyl sites for hydroxylation is 1. The summed E-state index contributed by atoms with van der Waals surface area (Å²) < 4.78 is 5.27. The second-order valence-electron chi connectivity index (χ2n) is 4.73. The maximum Gasteiger partial charge on any atom is 0.119 e. The Balaban J connectivity index is 2.03. The zero-order valence-electron chi connectivity index (χ0n) is 9.18. The van der Waals surface area contributed by atoms with E-state index in [9.17, 15) is 0 Å². The van der Waals surface area contributed by atoms with Crippen LogP contribution in [0.15, 0.2) is 18.2 Å². The van der Waals surface area contributed by atoms with Crippen LogP contribution in [0.3, 0.4) is 0 Å². The third-order valence-electron chi connectivity index (χ3n) is 4.00. The van der Waals surface area contributed by atoms with Crippen molar-refractivity contribution in [3.8, 4) is 5.75 Å². The van der Waals surface area contributed by atoms with Crippen molar-refractivity contribution in [3.05, 3.63) is 29.3 Å². The molecule has 1 saturated heterocycles. The number of benzene rings is 1. The van der Waals surface area contributed by atoms with Gasteiger partial charge in [-0.25, -0.2) is 0 Å². The fourth-order valence-electron chi connectivity index (χ4n) is 3.12. The molecule has 2 nitrogen and oxygen atoms in total. The second-order valence-corrected chi connectivity index (χ2v) is 4.73.